The smallest absolute Gasteiger partial charge is 0.0184 e. The number of hydrogen-bond acceptors (Lipinski definition) is 0. The fourth-order valence-corrected chi connectivity index (χ4v) is 2.52. The van der Waals surface area contributed by atoms with Gasteiger partial charge in [0, 0.05) is 0 Å². The second-order valence-electron chi connectivity index (χ2n) is 5.46. The van der Waals surface area contributed by atoms with Gasteiger partial charge in [0.05, 0.1) is 0 Å². The van der Waals surface area contributed by atoms with Crippen molar-refractivity contribution in [3.8, 4) is 22.3 Å². The molecule has 0 aliphatic rings. The van der Waals surface area contributed by atoms with Crippen molar-refractivity contribution in [2.45, 2.75) is 0 Å². The van der Waals surface area contributed by atoms with Gasteiger partial charge in [0.1, 0.15) is 0 Å². The minimum absolute atomic E-state index is 0. The average Bonchev–Trinajstić information content (AvgIpc) is 2.71. The summed E-state index contributed by atoms with van der Waals surface area (Å²) in [7, 11) is 0. The quantitative estimate of drug-likeness (QED) is 0.289. The van der Waals surface area contributed by atoms with Crippen molar-refractivity contribution in [1.82, 2.24) is 0 Å². The summed E-state index contributed by atoms with van der Waals surface area (Å²) in [5.41, 5.74) is 5.10. The fraction of sp³-hybridized carbons (Fsp3) is 0. The van der Waals surface area contributed by atoms with Crippen molar-refractivity contribution in [2.75, 3.05) is 0 Å². The first-order chi connectivity index (χ1) is 11.9. The largest absolute Gasteiger partial charge is 0.107 e. The van der Waals surface area contributed by atoms with Crippen molar-refractivity contribution in [2.24, 2.45) is 0 Å². The Labute approximate surface area is 167 Å². The van der Waals surface area contributed by atoms with Crippen molar-refractivity contribution in [1.29, 1.82) is 0 Å². The van der Waals surface area contributed by atoms with E-state index in [1.165, 1.54) is 22.3 Å². The monoisotopic (exact) mass is 436 g/mol. The van der Waals surface area contributed by atoms with Gasteiger partial charge in [-0.3, -0.25) is 0 Å². The number of hydrogen-bond donors (Lipinski definition) is 0. The molecule has 0 radical (unpaired) electrons. The van der Waals surface area contributed by atoms with Gasteiger partial charge in [-0.05, 0) is 22.3 Å². The molecule has 0 aliphatic carbocycles. The van der Waals surface area contributed by atoms with Crippen LogP contribution < -0.4 is 0 Å². The Morgan fingerprint density at radius 1 is 0.240 bits per heavy atom. The van der Waals surface area contributed by atoms with E-state index in [0.717, 1.165) is 0 Å². The van der Waals surface area contributed by atoms with Gasteiger partial charge < -0.3 is 0 Å². The zero-order valence-corrected chi connectivity index (χ0v) is 16.3. The van der Waals surface area contributed by atoms with Crippen molar-refractivity contribution in [3.63, 3.8) is 0 Å². The molecule has 0 spiro atoms. The van der Waals surface area contributed by atoms with Crippen LogP contribution in [0.15, 0.2) is 121 Å². The van der Waals surface area contributed by atoms with Gasteiger partial charge in [-0.2, -0.15) is 0 Å². The highest BCUT2D eigenvalue weighted by atomic mass is 127. The minimum Gasteiger partial charge on any atom is -0.107 e. The lowest BCUT2D eigenvalue weighted by molar-refractivity contribution is 1.62. The molecule has 0 saturated carbocycles. The van der Waals surface area contributed by atoms with Gasteiger partial charge in [0.15, 0.2) is 0 Å². The van der Waals surface area contributed by atoms with E-state index in [1.54, 1.807) is 0 Å². The van der Waals surface area contributed by atoms with Gasteiger partial charge in [0.2, 0.25) is 0 Å². The number of rotatable bonds is 2. The van der Waals surface area contributed by atoms with Crippen LogP contribution in [0.3, 0.4) is 0 Å². The Balaban J connectivity index is 0.000000173. The van der Waals surface area contributed by atoms with Crippen molar-refractivity contribution < 1.29 is 0 Å². The Morgan fingerprint density at radius 3 is 0.560 bits per heavy atom. The average molecular weight is 436 g/mol. The molecule has 1 heteroatoms. The highest BCUT2D eigenvalue weighted by Gasteiger charge is 1.92. The van der Waals surface area contributed by atoms with Crippen LogP contribution in [0.25, 0.3) is 22.3 Å². The first-order valence-electron chi connectivity index (χ1n) is 8.14. The predicted molar refractivity (Wildman–Crippen MR) is 119 cm³/mol. The molecule has 0 aliphatic heterocycles. The molecule has 0 bridgehead atoms. The first kappa shape index (κ1) is 18.9. The summed E-state index contributed by atoms with van der Waals surface area (Å²) in [5, 5.41) is 0. The zero-order valence-electron chi connectivity index (χ0n) is 14.0. The van der Waals surface area contributed by atoms with Crippen molar-refractivity contribution >= 4 is 24.0 Å². The lowest BCUT2D eigenvalue weighted by Gasteiger charge is -1.98. The van der Waals surface area contributed by atoms with Gasteiger partial charge in [0.25, 0.3) is 0 Å². The number of halogens is 1. The Hall–Kier alpha value is -2.39. The summed E-state index contributed by atoms with van der Waals surface area (Å²) in [6.45, 7) is 0. The summed E-state index contributed by atoms with van der Waals surface area (Å²) in [6.07, 6.45) is 0. The molecule has 4 rings (SSSR count). The summed E-state index contributed by atoms with van der Waals surface area (Å²) >= 11 is 0. The standard InChI is InChI=1S/2C12H10.HI/c2*1-3-7-11(8-4-1)12-9-5-2-6-10-12;/h2*1-10H;1H. The van der Waals surface area contributed by atoms with Crippen LogP contribution in [-0.2, 0) is 0 Å². The third kappa shape index (κ3) is 5.87. The molecule has 0 N–H and O–H groups in total. The second kappa shape index (κ2) is 10.5. The Morgan fingerprint density at radius 2 is 0.400 bits per heavy atom. The molecule has 4 aromatic carbocycles. The van der Waals surface area contributed by atoms with Gasteiger partial charge >= 0.3 is 0 Å². The molecular formula is C24H21I. The predicted octanol–water partition coefficient (Wildman–Crippen LogP) is 7.33. The fourth-order valence-electron chi connectivity index (χ4n) is 2.52. The van der Waals surface area contributed by atoms with Crippen LogP contribution in [0.2, 0.25) is 0 Å². The van der Waals surface area contributed by atoms with Crippen molar-refractivity contribution in [3.05, 3.63) is 121 Å². The minimum atomic E-state index is 0. The Kier molecular flexibility index (Phi) is 7.93. The molecule has 0 nitrogen and oxygen atoms in total. The lowest BCUT2D eigenvalue weighted by Crippen LogP contribution is -1.73. The van der Waals surface area contributed by atoms with E-state index < -0.39 is 0 Å². The molecule has 0 unspecified atom stereocenters. The van der Waals surface area contributed by atoms with Crippen LogP contribution in [0.5, 0.6) is 0 Å². The van der Waals surface area contributed by atoms with E-state index in [4.69, 9.17) is 0 Å². The molecule has 25 heavy (non-hydrogen) atoms. The van der Waals surface area contributed by atoms with E-state index in [0.29, 0.717) is 0 Å². The molecule has 0 amide bonds. The molecule has 124 valence electrons. The number of benzene rings is 4. The van der Waals surface area contributed by atoms with Crippen LogP contribution in [0.1, 0.15) is 0 Å². The SMILES string of the molecule is I.c1ccc(-c2ccccc2)cc1.c1ccc(-c2ccccc2)cc1. The molecule has 0 saturated heterocycles. The summed E-state index contributed by atoms with van der Waals surface area (Å²) in [4.78, 5) is 0. The topological polar surface area (TPSA) is 0 Å². The van der Waals surface area contributed by atoms with Crippen LogP contribution >= 0.6 is 24.0 Å². The lowest BCUT2D eigenvalue weighted by atomic mass is 10.1. The second-order valence-corrected chi connectivity index (χ2v) is 5.46. The van der Waals surface area contributed by atoms with E-state index in [1.807, 2.05) is 24.3 Å². The normalized spacial score (nSPS) is 9.28. The zero-order chi connectivity index (χ0) is 16.5. The van der Waals surface area contributed by atoms with E-state index in [2.05, 4.69) is 97.1 Å². The highest BCUT2D eigenvalue weighted by Crippen LogP contribution is 2.18. The molecule has 4 aromatic rings. The molecule has 0 fully saturated rings. The maximum absolute atomic E-state index is 2.12. The van der Waals surface area contributed by atoms with Gasteiger partial charge in [-0.25, -0.2) is 0 Å². The molecular weight excluding hydrogens is 415 g/mol. The van der Waals surface area contributed by atoms with Gasteiger partial charge in [-0.15, -0.1) is 24.0 Å². The van der Waals surface area contributed by atoms with Crippen LogP contribution in [0.4, 0.5) is 0 Å². The summed E-state index contributed by atoms with van der Waals surface area (Å²) in [6, 6.07) is 41.6. The third-order valence-corrected chi connectivity index (χ3v) is 3.76. The molecule has 0 heterocycles. The molecule has 0 atom stereocenters. The first-order valence-corrected chi connectivity index (χ1v) is 8.14. The Bertz CT molecular complexity index is 676. The van der Waals surface area contributed by atoms with E-state index in [-0.39, 0.29) is 24.0 Å². The van der Waals surface area contributed by atoms with Crippen LogP contribution in [-0.4, -0.2) is 0 Å². The van der Waals surface area contributed by atoms with E-state index >= 15 is 0 Å². The van der Waals surface area contributed by atoms with Gasteiger partial charge in [-0.1, -0.05) is 121 Å². The maximum atomic E-state index is 2.12. The summed E-state index contributed by atoms with van der Waals surface area (Å²) in [5.74, 6) is 0. The highest BCUT2D eigenvalue weighted by molar-refractivity contribution is 14.0. The van der Waals surface area contributed by atoms with E-state index in [9.17, 15) is 0 Å². The maximum Gasteiger partial charge on any atom is -0.0184 e. The third-order valence-electron chi connectivity index (χ3n) is 3.76. The molecule has 0 aromatic heterocycles. The summed E-state index contributed by atoms with van der Waals surface area (Å²) < 4.78 is 0. The van der Waals surface area contributed by atoms with Crippen LogP contribution in [0, 0.1) is 0 Å².